The molecule has 0 radical (unpaired) electrons. The van der Waals surface area contributed by atoms with Gasteiger partial charge < -0.3 is 14.6 Å². The van der Waals surface area contributed by atoms with Crippen molar-refractivity contribution in [2.45, 2.75) is 32.2 Å². The van der Waals surface area contributed by atoms with E-state index in [1.807, 2.05) is 49.5 Å². The van der Waals surface area contributed by atoms with Gasteiger partial charge in [-0.05, 0) is 43.5 Å². The van der Waals surface area contributed by atoms with Crippen molar-refractivity contribution in [1.29, 1.82) is 0 Å². The number of nitrogens with zero attached hydrogens (tertiary/aromatic N) is 5. The van der Waals surface area contributed by atoms with Gasteiger partial charge in [-0.15, -0.1) is 10.2 Å². The number of nitrogens with one attached hydrogen (secondary N) is 1. The molecule has 0 spiro atoms. The summed E-state index contributed by atoms with van der Waals surface area (Å²) < 4.78 is 12.8. The first-order chi connectivity index (χ1) is 14.7. The van der Waals surface area contributed by atoms with Crippen molar-refractivity contribution in [3.63, 3.8) is 0 Å². The molecule has 1 aliphatic carbocycles. The van der Waals surface area contributed by atoms with Crippen molar-refractivity contribution in [1.82, 2.24) is 30.1 Å². The normalized spacial score (nSPS) is 13.5. The largest absolute Gasteiger partial charge is 0.484 e. The van der Waals surface area contributed by atoms with Gasteiger partial charge in [-0.1, -0.05) is 23.4 Å². The lowest BCUT2D eigenvalue weighted by Gasteiger charge is -2.09. The lowest BCUT2D eigenvalue weighted by molar-refractivity contribution is -0.123. The van der Waals surface area contributed by atoms with E-state index in [-0.39, 0.29) is 19.1 Å². The van der Waals surface area contributed by atoms with Crippen LogP contribution >= 0.6 is 0 Å². The Morgan fingerprint density at radius 3 is 2.93 bits per heavy atom. The number of carbonyl (C=O) groups is 1. The molecule has 9 nitrogen and oxygen atoms in total. The number of carbonyl (C=O) groups excluding carboxylic acids is 1. The first kappa shape index (κ1) is 18.3. The Hall–Kier alpha value is -3.75. The van der Waals surface area contributed by atoms with E-state index in [0.717, 1.165) is 24.2 Å². The predicted molar refractivity (Wildman–Crippen MR) is 107 cm³/mol. The third-order valence-electron chi connectivity index (χ3n) is 5.02. The molecule has 1 amide bonds. The van der Waals surface area contributed by atoms with E-state index in [2.05, 4.69) is 25.7 Å². The molecule has 9 heteroatoms. The SMILES string of the molecule is Cc1ccccc1OCC(=O)NCc1nnc2c(-c3nc(C4CC4)no3)cccn12. The minimum atomic E-state index is -0.239. The first-order valence-electron chi connectivity index (χ1n) is 9.81. The zero-order valence-corrected chi connectivity index (χ0v) is 16.4. The minimum absolute atomic E-state index is 0.0707. The standard InChI is InChI=1S/C21H20N6O3/c1-13-5-2-3-7-16(13)29-12-18(28)22-11-17-24-25-20-15(6-4-10-27(17)20)21-23-19(26-30-21)14-8-9-14/h2-7,10,14H,8-9,11-12H2,1H3,(H,22,28). The highest BCUT2D eigenvalue weighted by Gasteiger charge is 2.29. The molecule has 1 N–H and O–H groups in total. The molecule has 1 aliphatic rings. The van der Waals surface area contributed by atoms with Crippen LogP contribution in [0.15, 0.2) is 47.1 Å². The number of amides is 1. The third kappa shape index (κ3) is 3.61. The summed E-state index contributed by atoms with van der Waals surface area (Å²) in [5, 5.41) is 15.3. The smallest absolute Gasteiger partial charge is 0.261 e. The highest BCUT2D eigenvalue weighted by molar-refractivity contribution is 5.77. The monoisotopic (exact) mass is 404 g/mol. The second-order valence-electron chi connectivity index (χ2n) is 7.29. The number of aromatic nitrogens is 5. The lowest BCUT2D eigenvalue weighted by Crippen LogP contribution is -2.29. The summed E-state index contributed by atoms with van der Waals surface area (Å²) in [6.45, 7) is 2.08. The maximum Gasteiger partial charge on any atom is 0.261 e. The Kier molecular flexibility index (Phi) is 4.62. The number of para-hydroxylation sites is 1. The van der Waals surface area contributed by atoms with Gasteiger partial charge in [0.2, 0.25) is 0 Å². The Bertz CT molecular complexity index is 1210. The van der Waals surface area contributed by atoms with E-state index in [9.17, 15) is 4.79 Å². The number of aryl methyl sites for hydroxylation is 1. The average Bonchev–Trinajstić information content (AvgIpc) is 3.34. The summed E-state index contributed by atoms with van der Waals surface area (Å²) in [6, 6.07) is 11.3. The molecule has 3 aromatic heterocycles. The van der Waals surface area contributed by atoms with Crippen LogP contribution in [0.4, 0.5) is 0 Å². The van der Waals surface area contributed by atoms with Gasteiger partial charge in [-0.2, -0.15) is 4.98 Å². The van der Waals surface area contributed by atoms with E-state index >= 15 is 0 Å². The van der Waals surface area contributed by atoms with Gasteiger partial charge in [0.1, 0.15) is 5.75 Å². The summed E-state index contributed by atoms with van der Waals surface area (Å²) in [5.41, 5.74) is 2.29. The van der Waals surface area contributed by atoms with Crippen LogP contribution in [0, 0.1) is 6.92 Å². The van der Waals surface area contributed by atoms with Crippen LogP contribution in [0.5, 0.6) is 5.75 Å². The number of ether oxygens (including phenoxy) is 1. The number of fused-ring (bicyclic) bond motifs is 1. The number of hydrogen-bond donors (Lipinski definition) is 1. The second-order valence-corrected chi connectivity index (χ2v) is 7.29. The molecule has 0 aliphatic heterocycles. The number of hydrogen-bond acceptors (Lipinski definition) is 7. The molecule has 5 rings (SSSR count). The molecule has 4 aromatic rings. The van der Waals surface area contributed by atoms with Crippen LogP contribution in [0.1, 0.15) is 36.0 Å². The van der Waals surface area contributed by atoms with Crippen molar-refractivity contribution in [2.24, 2.45) is 0 Å². The van der Waals surface area contributed by atoms with Crippen molar-refractivity contribution in [2.75, 3.05) is 6.61 Å². The van der Waals surface area contributed by atoms with Gasteiger partial charge in [0.25, 0.3) is 11.8 Å². The van der Waals surface area contributed by atoms with Gasteiger partial charge in [0.05, 0.1) is 12.1 Å². The van der Waals surface area contributed by atoms with Crippen LogP contribution < -0.4 is 10.1 Å². The molecule has 30 heavy (non-hydrogen) atoms. The first-order valence-corrected chi connectivity index (χ1v) is 9.81. The van der Waals surface area contributed by atoms with Crippen molar-refractivity contribution < 1.29 is 14.1 Å². The molecular formula is C21H20N6O3. The lowest BCUT2D eigenvalue weighted by atomic mass is 10.2. The van der Waals surface area contributed by atoms with Crippen LogP contribution in [-0.4, -0.2) is 37.3 Å². The van der Waals surface area contributed by atoms with Crippen molar-refractivity contribution in [3.8, 4) is 17.2 Å². The fourth-order valence-corrected chi connectivity index (χ4v) is 3.19. The number of benzene rings is 1. The number of rotatable bonds is 7. The maximum atomic E-state index is 12.2. The summed E-state index contributed by atoms with van der Waals surface area (Å²) in [4.78, 5) is 16.7. The Morgan fingerprint density at radius 2 is 2.10 bits per heavy atom. The molecule has 0 unspecified atom stereocenters. The molecule has 1 fully saturated rings. The van der Waals surface area contributed by atoms with Gasteiger partial charge in [0.15, 0.2) is 23.9 Å². The van der Waals surface area contributed by atoms with Crippen LogP contribution in [0.3, 0.4) is 0 Å². The maximum absolute atomic E-state index is 12.2. The summed E-state index contributed by atoms with van der Waals surface area (Å²) in [6.07, 6.45) is 4.04. The summed E-state index contributed by atoms with van der Waals surface area (Å²) >= 11 is 0. The van der Waals surface area contributed by atoms with Gasteiger partial charge in [-0.3, -0.25) is 9.20 Å². The molecular weight excluding hydrogens is 384 g/mol. The van der Waals surface area contributed by atoms with Crippen molar-refractivity contribution >= 4 is 11.6 Å². The van der Waals surface area contributed by atoms with Gasteiger partial charge in [0, 0.05) is 12.1 Å². The Labute approximate surface area is 172 Å². The van der Waals surface area contributed by atoms with E-state index in [1.54, 1.807) is 4.40 Å². The molecule has 1 saturated carbocycles. The summed E-state index contributed by atoms with van der Waals surface area (Å²) in [7, 11) is 0. The van der Waals surface area contributed by atoms with Crippen LogP contribution in [-0.2, 0) is 11.3 Å². The topological polar surface area (TPSA) is 107 Å². The molecule has 0 atom stereocenters. The van der Waals surface area contributed by atoms with E-state index in [1.165, 1.54) is 0 Å². The third-order valence-corrected chi connectivity index (χ3v) is 5.02. The zero-order valence-electron chi connectivity index (χ0n) is 16.4. The molecule has 152 valence electrons. The van der Waals surface area contributed by atoms with E-state index < -0.39 is 0 Å². The Morgan fingerprint density at radius 1 is 1.23 bits per heavy atom. The van der Waals surface area contributed by atoms with Gasteiger partial charge in [-0.25, -0.2) is 0 Å². The van der Waals surface area contributed by atoms with Crippen LogP contribution in [0.2, 0.25) is 0 Å². The second kappa shape index (κ2) is 7.58. The quantitative estimate of drug-likeness (QED) is 0.504. The Balaban J connectivity index is 1.27. The number of pyridine rings is 1. The highest BCUT2D eigenvalue weighted by atomic mass is 16.5. The van der Waals surface area contributed by atoms with Gasteiger partial charge >= 0.3 is 0 Å². The highest BCUT2D eigenvalue weighted by Crippen LogP contribution is 2.39. The molecule has 0 saturated heterocycles. The fraction of sp³-hybridized carbons (Fsp3) is 0.286. The van der Waals surface area contributed by atoms with E-state index in [0.29, 0.717) is 34.6 Å². The zero-order chi connectivity index (χ0) is 20.5. The minimum Gasteiger partial charge on any atom is -0.484 e. The fourth-order valence-electron chi connectivity index (χ4n) is 3.19. The molecule has 0 bridgehead atoms. The van der Waals surface area contributed by atoms with E-state index in [4.69, 9.17) is 9.26 Å². The summed E-state index contributed by atoms with van der Waals surface area (Å²) in [5.74, 6) is 2.63. The van der Waals surface area contributed by atoms with Crippen molar-refractivity contribution in [3.05, 3.63) is 59.8 Å². The molecule has 3 heterocycles. The van der Waals surface area contributed by atoms with Crippen LogP contribution in [0.25, 0.3) is 17.1 Å². The average molecular weight is 404 g/mol. The molecule has 1 aromatic carbocycles. The predicted octanol–water partition coefficient (Wildman–Crippen LogP) is 2.66.